The fourth-order valence-electron chi connectivity index (χ4n) is 7.32. The normalized spacial score (nSPS) is 29.1. The minimum Gasteiger partial charge on any atom is -0.497 e. The van der Waals surface area contributed by atoms with Gasteiger partial charge in [0.15, 0.2) is 29.8 Å². The number of hydrogen-bond acceptors (Lipinski definition) is 20. The number of anilines is 1. The van der Waals surface area contributed by atoms with Gasteiger partial charge in [-0.2, -0.15) is 18.2 Å². The van der Waals surface area contributed by atoms with Gasteiger partial charge in [0.2, 0.25) is 18.5 Å². The lowest BCUT2D eigenvalue weighted by Gasteiger charge is -2.22. The third kappa shape index (κ3) is 8.66. The fraction of sp³-hybridized carbons (Fsp3) is 0.484. The van der Waals surface area contributed by atoms with Crippen molar-refractivity contribution < 1.29 is 84.1 Å². The molecule has 5 aromatic rings. The second-order valence-corrected chi connectivity index (χ2v) is 18.7. The number of methoxy groups -OCH3 is 2. The van der Waals surface area contributed by atoms with Crippen molar-refractivity contribution in [3.05, 3.63) is 69.0 Å². The Morgan fingerprint density at radius 2 is 1.48 bits per heavy atom. The number of aromatic nitrogens is 8. The predicted octanol–water partition coefficient (Wildman–Crippen LogP) is -0.397. The Morgan fingerprint density at radius 3 is 2.15 bits per heavy atom. The van der Waals surface area contributed by atoms with Crippen LogP contribution in [0.15, 0.2) is 46.5 Å². The maximum Gasteiger partial charge on any atom is 0.490 e. The van der Waals surface area contributed by atoms with Crippen LogP contribution in [0.2, 0.25) is 0 Å². The number of aliphatic hydroxyl groups is 1. The monoisotopic (exact) mass is 934 g/mol. The van der Waals surface area contributed by atoms with Gasteiger partial charge in [0.05, 0.1) is 33.7 Å². The van der Waals surface area contributed by atoms with Crippen molar-refractivity contribution >= 4 is 51.7 Å². The van der Waals surface area contributed by atoms with E-state index in [0.29, 0.717) is 11.3 Å². The van der Waals surface area contributed by atoms with Gasteiger partial charge in [-0.1, -0.05) is 12.1 Å². The van der Waals surface area contributed by atoms with Gasteiger partial charge < -0.3 is 58.9 Å². The zero-order valence-electron chi connectivity index (χ0n) is 32.6. The van der Waals surface area contributed by atoms with E-state index in [9.17, 15) is 43.1 Å². The van der Waals surface area contributed by atoms with Gasteiger partial charge in [0, 0.05) is 12.7 Å². The molecule has 0 amide bonds. The minimum absolute atomic E-state index is 0.0438. The first-order valence-corrected chi connectivity index (χ1v) is 22.6. The predicted molar refractivity (Wildman–Crippen MR) is 202 cm³/mol. The first-order chi connectivity index (χ1) is 29.3. The van der Waals surface area contributed by atoms with Gasteiger partial charge in [-0.15, -0.1) is 0 Å². The number of imidazole rings is 2. The summed E-state index contributed by atoms with van der Waals surface area (Å²) >= 11 is 0. The van der Waals surface area contributed by atoms with E-state index < -0.39 is 103 Å². The summed E-state index contributed by atoms with van der Waals surface area (Å²) in [6.07, 6.45) is -8.16. The number of aryl methyl sites for hydroxylation is 2. The number of nitrogen functional groups attached to an aromatic ring is 1. The molecule has 336 valence electrons. The second-order valence-electron chi connectivity index (χ2n) is 14.0. The number of phosphoric acid groups is 3. The lowest BCUT2D eigenvalue weighted by Crippen LogP contribution is -2.35. The summed E-state index contributed by atoms with van der Waals surface area (Å²) in [5.41, 5.74) is 5.45. The van der Waals surface area contributed by atoms with E-state index in [-0.39, 0.29) is 34.1 Å². The number of nitrogens with one attached hydrogen (secondary N) is 2. The molecule has 6 unspecified atom stereocenters. The molecule has 0 saturated carbocycles. The van der Waals surface area contributed by atoms with Gasteiger partial charge in [0.25, 0.3) is 16.7 Å². The van der Waals surface area contributed by atoms with Crippen LogP contribution in [0.25, 0.3) is 22.3 Å². The molecule has 3 aliphatic rings. The van der Waals surface area contributed by atoms with Gasteiger partial charge in [-0.25, -0.2) is 28.2 Å². The Balaban J connectivity index is 0.932. The molecule has 4 aromatic heterocycles. The second kappa shape index (κ2) is 16.7. The number of aliphatic hydroxyl groups excluding tert-OH is 1. The molecule has 31 heteroatoms. The maximum atomic E-state index is 13.1. The van der Waals surface area contributed by atoms with Gasteiger partial charge in [0.1, 0.15) is 42.1 Å². The third-order valence-electron chi connectivity index (χ3n) is 9.92. The molecule has 28 nitrogen and oxygen atoms in total. The summed E-state index contributed by atoms with van der Waals surface area (Å²) in [5.74, 6) is 0.586. The number of nitrogens with zero attached hydrogens (tertiary/aromatic N) is 6. The quantitative estimate of drug-likeness (QED) is 0.0519. The summed E-state index contributed by atoms with van der Waals surface area (Å²) in [6, 6.07) is 6.69. The zero-order valence-corrected chi connectivity index (χ0v) is 35.3. The molecule has 8 N–H and O–H groups in total. The minimum atomic E-state index is -5.97. The highest BCUT2D eigenvalue weighted by Crippen LogP contribution is 2.68. The topological polar surface area (TPSA) is 369 Å². The van der Waals surface area contributed by atoms with Crippen molar-refractivity contribution in [2.45, 2.75) is 62.3 Å². The van der Waals surface area contributed by atoms with Gasteiger partial charge >= 0.3 is 29.0 Å². The van der Waals surface area contributed by atoms with Crippen LogP contribution >= 0.6 is 23.5 Å². The van der Waals surface area contributed by atoms with Crippen LogP contribution in [0.5, 0.6) is 5.75 Å². The number of H-pyrrole nitrogens is 2. The Kier molecular flexibility index (Phi) is 11.9. The molecule has 1 aromatic carbocycles. The number of phosphoric ester groups is 2. The first-order valence-electron chi connectivity index (χ1n) is 18.1. The highest BCUT2D eigenvalue weighted by Gasteiger charge is 2.57. The van der Waals surface area contributed by atoms with E-state index in [0.717, 1.165) is 0 Å². The van der Waals surface area contributed by atoms with Gasteiger partial charge in [-0.3, -0.25) is 28.2 Å². The SMILES string of the molecule is COc1ccc(C2OC3[C@@H](COP(=O)(O)OP(=O)(O)OP(=O)(O)OC[C@H]4O[C@@H](n5cnc6c(=O)[nH]c(C)nc65)[C@@H](O)C4OC)O[C@@H](n4c[n+](C)c5c(=O)[nH]c(N)nc54)[C@H]3O2)cc1. The summed E-state index contributed by atoms with van der Waals surface area (Å²) in [5, 5.41) is 11.0. The van der Waals surface area contributed by atoms with Crippen LogP contribution in [0.4, 0.5) is 5.95 Å². The van der Waals surface area contributed by atoms with E-state index >= 15 is 0 Å². The average molecular weight is 935 g/mol. The number of ether oxygens (including phenoxy) is 6. The number of benzene rings is 1. The van der Waals surface area contributed by atoms with Crippen LogP contribution in [0.1, 0.15) is 30.1 Å². The summed E-state index contributed by atoms with van der Waals surface area (Å²) in [6.45, 7) is -0.264. The van der Waals surface area contributed by atoms with Crippen molar-refractivity contribution in [2.75, 3.05) is 33.2 Å². The highest BCUT2D eigenvalue weighted by atomic mass is 31.3. The number of fused-ring (bicyclic) bond motifs is 3. The van der Waals surface area contributed by atoms with Crippen LogP contribution in [-0.2, 0) is 62.1 Å². The highest BCUT2D eigenvalue weighted by molar-refractivity contribution is 7.66. The van der Waals surface area contributed by atoms with E-state index in [4.69, 9.17) is 43.2 Å². The van der Waals surface area contributed by atoms with Crippen molar-refractivity contribution in [3.8, 4) is 5.75 Å². The Labute approximate surface area is 346 Å². The Hall–Kier alpha value is -4.31. The maximum absolute atomic E-state index is 13.1. The van der Waals surface area contributed by atoms with Crippen LogP contribution in [0, 0.1) is 6.92 Å². The largest absolute Gasteiger partial charge is 0.497 e. The summed E-state index contributed by atoms with van der Waals surface area (Å²) < 4.78 is 96.2. The van der Waals surface area contributed by atoms with Crippen LogP contribution < -0.4 is 26.2 Å². The molecule has 3 fully saturated rings. The summed E-state index contributed by atoms with van der Waals surface area (Å²) in [4.78, 5) is 73.6. The molecule has 0 spiro atoms. The van der Waals surface area contributed by atoms with Crippen molar-refractivity contribution in [2.24, 2.45) is 7.05 Å². The Bertz CT molecular complexity index is 2760. The molecule has 3 saturated heterocycles. The summed E-state index contributed by atoms with van der Waals surface area (Å²) in [7, 11) is -13.0. The first kappa shape index (κ1) is 44.3. The van der Waals surface area contributed by atoms with Crippen molar-refractivity contribution in [1.29, 1.82) is 0 Å². The molecule has 0 radical (unpaired) electrons. The number of rotatable bonds is 15. The standard InChI is InChI=1S/C31H38N9O19P3/c1-13-34-24-18(26(42)35-13)33-11-39(24)28-20(41)21(51-4)16(54-28)9-52-60(44,45)58-62(48,49)59-61(46,47)53-10-17-22-23(57-30(56-22)14-5-7-15(50-3)8-6-14)29(55-17)40-12-38(2)19-25(40)36-31(32)37-27(19)43/h5-8,11-12,16-17,20-23,28-30,41H,9-10H2,1-4H3,(H6-,32,34,35,36,37,42,43,44,45,46,47,48,49)/p+1/t16-,17-,20+,21?,22?,23+,28-,29-,30?/m1/s1. The number of hydrogen-bond donors (Lipinski definition) is 7. The van der Waals surface area contributed by atoms with Crippen LogP contribution in [0.3, 0.4) is 0 Å². The van der Waals surface area contributed by atoms with Crippen LogP contribution in [-0.4, -0.2) is 118 Å². The zero-order chi connectivity index (χ0) is 44.5. The van der Waals surface area contributed by atoms with E-state index in [1.807, 2.05) is 0 Å². The Morgan fingerprint density at radius 1 is 0.839 bits per heavy atom. The molecule has 8 rings (SSSR count). The smallest absolute Gasteiger partial charge is 0.490 e. The third-order valence-corrected chi connectivity index (χ3v) is 14.2. The average Bonchev–Trinajstić information content (AvgIpc) is 4.00. The van der Waals surface area contributed by atoms with E-state index in [1.165, 1.54) is 47.5 Å². The lowest BCUT2D eigenvalue weighted by atomic mass is 10.1. The van der Waals surface area contributed by atoms with E-state index in [2.05, 4.69) is 33.5 Å². The number of aromatic amines is 2. The molecule has 0 bridgehead atoms. The van der Waals surface area contributed by atoms with Crippen molar-refractivity contribution in [1.82, 2.24) is 34.1 Å². The molecule has 62 heavy (non-hydrogen) atoms. The van der Waals surface area contributed by atoms with Gasteiger partial charge in [-0.05, 0) is 19.1 Å². The lowest BCUT2D eigenvalue weighted by molar-refractivity contribution is -0.646. The molecular formula is C31H39N9O19P3+. The molecule has 3 aliphatic heterocycles. The molecule has 0 aliphatic carbocycles. The molecule has 12 atom stereocenters. The molecule has 7 heterocycles. The van der Waals surface area contributed by atoms with Crippen molar-refractivity contribution in [3.63, 3.8) is 0 Å². The molecular weight excluding hydrogens is 895 g/mol. The number of nitrogens with two attached hydrogens (primary N) is 1. The van der Waals surface area contributed by atoms with E-state index in [1.54, 1.807) is 31.3 Å². The fourth-order valence-corrected chi connectivity index (χ4v) is 10.8.